The molecule has 4 fully saturated rings. The SMILES string of the molecule is Nc1ccc(-c2nc(N3C[C@H]4CC[C@@H](C3)O4)c3cnn(C4CCC5(CC4)OCCO5)c3n2)cc1. The van der Waals surface area contributed by atoms with Gasteiger partial charge in [0.05, 0.1) is 43.0 Å². The molecule has 34 heavy (non-hydrogen) atoms. The lowest BCUT2D eigenvalue weighted by Crippen LogP contribution is -2.43. The molecule has 7 rings (SSSR count). The zero-order valence-electron chi connectivity index (χ0n) is 19.2. The second-order valence-electron chi connectivity index (χ2n) is 10.0. The largest absolute Gasteiger partial charge is 0.399 e. The van der Waals surface area contributed by atoms with Crippen LogP contribution in [0.25, 0.3) is 22.4 Å². The first kappa shape index (κ1) is 20.6. The van der Waals surface area contributed by atoms with E-state index in [1.807, 2.05) is 30.5 Å². The van der Waals surface area contributed by atoms with E-state index >= 15 is 0 Å². The molecular weight excluding hydrogens is 432 g/mol. The van der Waals surface area contributed by atoms with Crippen LogP contribution in [-0.2, 0) is 14.2 Å². The molecule has 2 bridgehead atoms. The summed E-state index contributed by atoms with van der Waals surface area (Å²) in [6.07, 6.45) is 8.41. The molecule has 1 aliphatic carbocycles. The number of nitrogens with two attached hydrogens (primary N) is 1. The van der Waals surface area contributed by atoms with E-state index < -0.39 is 0 Å². The zero-order chi connectivity index (χ0) is 22.7. The number of hydrogen-bond acceptors (Lipinski definition) is 8. The van der Waals surface area contributed by atoms with Gasteiger partial charge in [0.1, 0.15) is 5.82 Å². The molecule has 0 unspecified atom stereocenters. The quantitative estimate of drug-likeness (QED) is 0.592. The van der Waals surface area contributed by atoms with Gasteiger partial charge in [-0.2, -0.15) is 5.10 Å². The Labute approximate surface area is 198 Å². The van der Waals surface area contributed by atoms with Gasteiger partial charge in [-0.25, -0.2) is 14.6 Å². The summed E-state index contributed by atoms with van der Waals surface area (Å²) in [7, 11) is 0. The highest BCUT2D eigenvalue weighted by molar-refractivity contribution is 5.89. The number of rotatable bonds is 3. The summed E-state index contributed by atoms with van der Waals surface area (Å²) in [4.78, 5) is 12.5. The van der Waals surface area contributed by atoms with Crippen LogP contribution >= 0.6 is 0 Å². The number of hydrogen-bond donors (Lipinski definition) is 1. The number of nitrogen functional groups attached to an aromatic ring is 1. The third kappa shape index (κ3) is 3.45. The molecule has 5 heterocycles. The van der Waals surface area contributed by atoms with Gasteiger partial charge in [0.15, 0.2) is 17.3 Å². The van der Waals surface area contributed by atoms with E-state index in [0.717, 1.165) is 79.7 Å². The standard InChI is InChI=1S/C25H30N6O3/c26-17-3-1-16(2-4-17)22-28-23(30-14-19-5-6-20(15-30)34-19)21-13-27-31(24(21)29-22)18-7-9-25(10-8-18)32-11-12-33-25/h1-4,13,18-20H,5-12,14-15,26H2/t19-,20+. The number of aromatic nitrogens is 4. The summed E-state index contributed by atoms with van der Waals surface area (Å²) in [6.45, 7) is 3.10. The molecule has 4 aliphatic rings. The van der Waals surface area contributed by atoms with Crippen LogP contribution in [0, 0.1) is 0 Å². The summed E-state index contributed by atoms with van der Waals surface area (Å²) < 4.78 is 20.1. The third-order valence-corrected chi connectivity index (χ3v) is 7.82. The van der Waals surface area contributed by atoms with E-state index in [1.165, 1.54) is 0 Å². The average molecular weight is 463 g/mol. The molecule has 2 aromatic heterocycles. The molecule has 3 aromatic rings. The molecule has 9 nitrogen and oxygen atoms in total. The second-order valence-corrected chi connectivity index (χ2v) is 10.0. The van der Waals surface area contributed by atoms with E-state index in [2.05, 4.69) is 9.58 Å². The van der Waals surface area contributed by atoms with Crippen molar-refractivity contribution >= 4 is 22.5 Å². The van der Waals surface area contributed by atoms with E-state index in [1.54, 1.807) is 0 Å². The van der Waals surface area contributed by atoms with Crippen molar-refractivity contribution in [3.05, 3.63) is 30.5 Å². The van der Waals surface area contributed by atoms with E-state index in [9.17, 15) is 0 Å². The number of ether oxygens (including phenoxy) is 3. The van der Waals surface area contributed by atoms with Gasteiger partial charge in [-0.3, -0.25) is 0 Å². The Bertz CT molecular complexity index is 1180. The minimum atomic E-state index is -0.387. The van der Waals surface area contributed by atoms with Gasteiger partial charge in [-0.05, 0) is 49.9 Å². The summed E-state index contributed by atoms with van der Waals surface area (Å²) in [6, 6.07) is 8.04. The fourth-order valence-corrected chi connectivity index (χ4v) is 6.04. The van der Waals surface area contributed by atoms with Crippen molar-refractivity contribution < 1.29 is 14.2 Å². The lowest BCUT2D eigenvalue weighted by atomic mass is 9.90. The minimum absolute atomic E-state index is 0.263. The van der Waals surface area contributed by atoms with Crippen LogP contribution in [0.4, 0.5) is 11.5 Å². The fourth-order valence-electron chi connectivity index (χ4n) is 6.04. The van der Waals surface area contributed by atoms with Crippen LogP contribution in [0.5, 0.6) is 0 Å². The number of benzene rings is 1. The number of fused-ring (bicyclic) bond motifs is 3. The summed E-state index contributed by atoms with van der Waals surface area (Å²) >= 11 is 0. The van der Waals surface area contributed by atoms with Gasteiger partial charge in [0.2, 0.25) is 0 Å². The smallest absolute Gasteiger partial charge is 0.168 e. The molecule has 1 aromatic carbocycles. The molecule has 2 atom stereocenters. The van der Waals surface area contributed by atoms with Crippen molar-refractivity contribution in [1.29, 1.82) is 0 Å². The van der Waals surface area contributed by atoms with Crippen LogP contribution in [0.3, 0.4) is 0 Å². The normalized spacial score (nSPS) is 26.6. The van der Waals surface area contributed by atoms with Gasteiger partial charge in [-0.1, -0.05) is 0 Å². The molecule has 1 spiro atoms. The Morgan fingerprint density at radius 2 is 1.62 bits per heavy atom. The van der Waals surface area contributed by atoms with Crippen LogP contribution < -0.4 is 10.6 Å². The molecule has 9 heteroatoms. The Balaban J connectivity index is 1.29. The maximum absolute atomic E-state index is 6.09. The van der Waals surface area contributed by atoms with E-state index in [-0.39, 0.29) is 24.0 Å². The van der Waals surface area contributed by atoms with Crippen LogP contribution in [0.15, 0.2) is 30.5 Å². The Kier molecular flexibility index (Phi) is 4.79. The molecule has 3 aliphatic heterocycles. The van der Waals surface area contributed by atoms with Crippen molar-refractivity contribution in [2.75, 3.05) is 36.9 Å². The highest BCUT2D eigenvalue weighted by Crippen LogP contribution is 2.42. The van der Waals surface area contributed by atoms with Gasteiger partial charge >= 0.3 is 0 Å². The lowest BCUT2D eigenvalue weighted by molar-refractivity contribution is -0.181. The van der Waals surface area contributed by atoms with Gasteiger partial charge in [0, 0.05) is 37.2 Å². The zero-order valence-corrected chi connectivity index (χ0v) is 19.2. The highest BCUT2D eigenvalue weighted by atomic mass is 16.7. The Morgan fingerprint density at radius 3 is 2.32 bits per heavy atom. The lowest BCUT2D eigenvalue weighted by Gasteiger charge is -2.35. The van der Waals surface area contributed by atoms with Crippen molar-refractivity contribution in [3.63, 3.8) is 0 Å². The minimum Gasteiger partial charge on any atom is -0.399 e. The first-order valence-electron chi connectivity index (χ1n) is 12.5. The second kappa shape index (κ2) is 7.90. The predicted molar refractivity (Wildman–Crippen MR) is 127 cm³/mol. The fraction of sp³-hybridized carbons (Fsp3) is 0.560. The molecule has 2 N–H and O–H groups in total. The molecule has 1 saturated carbocycles. The van der Waals surface area contributed by atoms with E-state index in [4.69, 9.17) is 35.0 Å². The van der Waals surface area contributed by atoms with Crippen molar-refractivity contribution in [2.24, 2.45) is 0 Å². The number of morpholine rings is 1. The first-order valence-corrected chi connectivity index (χ1v) is 12.5. The van der Waals surface area contributed by atoms with Crippen LogP contribution in [0.2, 0.25) is 0 Å². The molecular formula is C25H30N6O3. The average Bonchev–Trinajstić information content (AvgIpc) is 3.58. The summed E-state index contributed by atoms with van der Waals surface area (Å²) in [5, 5.41) is 5.86. The number of anilines is 2. The Hall–Kier alpha value is -2.75. The molecule has 0 radical (unpaired) electrons. The topological polar surface area (TPSA) is 101 Å². The van der Waals surface area contributed by atoms with Crippen molar-refractivity contribution in [2.45, 2.75) is 62.6 Å². The maximum Gasteiger partial charge on any atom is 0.168 e. The van der Waals surface area contributed by atoms with Crippen molar-refractivity contribution in [1.82, 2.24) is 19.7 Å². The predicted octanol–water partition coefficient (Wildman–Crippen LogP) is 3.30. The van der Waals surface area contributed by atoms with Crippen LogP contribution in [0.1, 0.15) is 44.6 Å². The third-order valence-electron chi connectivity index (χ3n) is 7.82. The monoisotopic (exact) mass is 462 g/mol. The number of nitrogens with zero attached hydrogens (tertiary/aromatic N) is 5. The summed E-state index contributed by atoms with van der Waals surface area (Å²) in [5.74, 6) is 1.28. The highest BCUT2D eigenvalue weighted by Gasteiger charge is 2.41. The first-order chi connectivity index (χ1) is 16.7. The van der Waals surface area contributed by atoms with Crippen LogP contribution in [-0.4, -0.2) is 64.0 Å². The van der Waals surface area contributed by atoms with E-state index in [0.29, 0.717) is 19.0 Å². The Morgan fingerprint density at radius 1 is 0.912 bits per heavy atom. The van der Waals surface area contributed by atoms with Gasteiger partial charge in [0.25, 0.3) is 0 Å². The molecule has 0 amide bonds. The molecule has 178 valence electrons. The summed E-state index contributed by atoms with van der Waals surface area (Å²) in [5.41, 5.74) is 8.51. The molecule has 3 saturated heterocycles. The van der Waals surface area contributed by atoms with Crippen molar-refractivity contribution in [3.8, 4) is 11.4 Å². The van der Waals surface area contributed by atoms with Gasteiger partial charge < -0.3 is 24.8 Å². The maximum atomic E-state index is 6.09. The van der Waals surface area contributed by atoms with Gasteiger partial charge in [-0.15, -0.1) is 0 Å².